The topological polar surface area (TPSA) is 115 Å². The van der Waals surface area contributed by atoms with Crippen LogP contribution in [0.2, 0.25) is 0 Å². The summed E-state index contributed by atoms with van der Waals surface area (Å²) in [6, 6.07) is 4.25. The number of nitrogens with zero attached hydrogens (tertiary/aromatic N) is 4. The Bertz CT molecular complexity index is 656. The minimum Gasteiger partial charge on any atom is -0.352 e. The zero-order valence-electron chi connectivity index (χ0n) is 12.0. The van der Waals surface area contributed by atoms with Gasteiger partial charge in [-0.1, -0.05) is 0 Å². The maximum absolute atomic E-state index is 12.0. The molecule has 0 aliphatic heterocycles. The van der Waals surface area contributed by atoms with E-state index in [2.05, 4.69) is 20.7 Å². The molecular formula is C13H16N6O3. The van der Waals surface area contributed by atoms with Crippen LogP contribution in [0.15, 0.2) is 30.9 Å². The first kappa shape index (κ1) is 15.6. The van der Waals surface area contributed by atoms with Crippen LogP contribution in [0.3, 0.4) is 0 Å². The van der Waals surface area contributed by atoms with Gasteiger partial charge < -0.3 is 10.6 Å². The van der Waals surface area contributed by atoms with Crippen molar-refractivity contribution in [3.05, 3.63) is 46.5 Å². The predicted molar refractivity (Wildman–Crippen MR) is 78.9 cm³/mol. The van der Waals surface area contributed by atoms with Crippen molar-refractivity contribution in [2.24, 2.45) is 0 Å². The van der Waals surface area contributed by atoms with Crippen molar-refractivity contribution in [1.82, 2.24) is 25.4 Å². The van der Waals surface area contributed by atoms with Crippen LogP contribution in [0.1, 0.15) is 16.8 Å². The predicted octanol–water partition coefficient (Wildman–Crippen LogP) is 0.515. The van der Waals surface area contributed by atoms with E-state index in [1.807, 2.05) is 7.05 Å². The molecule has 1 aromatic carbocycles. The van der Waals surface area contributed by atoms with Crippen molar-refractivity contribution in [2.75, 3.05) is 20.1 Å². The SMILES string of the molecule is CNCCCNC(=O)c1ccc(-n2cncn2)c([N+](=O)[O-])c1. The Morgan fingerprint density at radius 2 is 2.23 bits per heavy atom. The molecule has 2 rings (SSSR count). The number of benzene rings is 1. The fourth-order valence-electron chi connectivity index (χ4n) is 1.91. The van der Waals surface area contributed by atoms with Gasteiger partial charge in [0.1, 0.15) is 18.3 Å². The summed E-state index contributed by atoms with van der Waals surface area (Å²) in [6.45, 7) is 1.28. The molecule has 22 heavy (non-hydrogen) atoms. The van der Waals surface area contributed by atoms with Crippen LogP contribution in [0, 0.1) is 10.1 Å². The largest absolute Gasteiger partial charge is 0.352 e. The fourth-order valence-corrected chi connectivity index (χ4v) is 1.91. The number of nitrogens with one attached hydrogen (secondary N) is 2. The van der Waals surface area contributed by atoms with Crippen LogP contribution in [0.4, 0.5) is 5.69 Å². The van der Waals surface area contributed by atoms with Crippen LogP contribution in [-0.2, 0) is 0 Å². The monoisotopic (exact) mass is 304 g/mol. The molecule has 1 aromatic heterocycles. The van der Waals surface area contributed by atoms with Crippen molar-refractivity contribution in [1.29, 1.82) is 0 Å². The molecule has 9 heteroatoms. The summed E-state index contributed by atoms with van der Waals surface area (Å²) in [5.74, 6) is -0.343. The first-order valence-electron chi connectivity index (χ1n) is 6.69. The van der Waals surface area contributed by atoms with Gasteiger partial charge in [0.25, 0.3) is 11.6 Å². The highest BCUT2D eigenvalue weighted by molar-refractivity contribution is 5.95. The average molecular weight is 304 g/mol. The van der Waals surface area contributed by atoms with Crippen LogP contribution in [0.25, 0.3) is 5.69 Å². The summed E-state index contributed by atoms with van der Waals surface area (Å²) in [6.07, 6.45) is 3.42. The standard InChI is InChI=1S/C13H16N6O3/c1-14-5-2-6-16-13(20)10-3-4-11(12(7-10)19(21)22)18-9-15-8-17-18/h3-4,7-9,14H,2,5-6H2,1H3,(H,16,20). The average Bonchev–Trinajstić information content (AvgIpc) is 3.05. The number of hydrogen-bond donors (Lipinski definition) is 2. The van der Waals surface area contributed by atoms with Crippen molar-refractivity contribution < 1.29 is 9.72 Å². The molecule has 116 valence electrons. The summed E-state index contributed by atoms with van der Waals surface area (Å²) >= 11 is 0. The third-order valence-corrected chi connectivity index (χ3v) is 2.99. The Morgan fingerprint density at radius 3 is 2.86 bits per heavy atom. The van der Waals surface area contributed by atoms with Crippen molar-refractivity contribution in [3.63, 3.8) is 0 Å². The second kappa shape index (κ2) is 7.27. The second-order valence-electron chi connectivity index (χ2n) is 4.51. The molecule has 0 radical (unpaired) electrons. The first-order chi connectivity index (χ1) is 10.6. The lowest BCUT2D eigenvalue weighted by molar-refractivity contribution is -0.384. The molecule has 0 bridgehead atoms. The highest BCUT2D eigenvalue weighted by Gasteiger charge is 2.19. The minimum absolute atomic E-state index is 0.201. The molecule has 0 fully saturated rings. The molecule has 0 atom stereocenters. The molecule has 0 unspecified atom stereocenters. The molecule has 2 N–H and O–H groups in total. The molecule has 0 aliphatic rings. The highest BCUT2D eigenvalue weighted by atomic mass is 16.6. The lowest BCUT2D eigenvalue weighted by atomic mass is 10.1. The van der Waals surface area contributed by atoms with Gasteiger partial charge in [0.2, 0.25) is 0 Å². The third kappa shape index (κ3) is 3.64. The van der Waals surface area contributed by atoms with Crippen LogP contribution in [0.5, 0.6) is 0 Å². The van der Waals surface area contributed by atoms with Gasteiger partial charge in [-0.15, -0.1) is 0 Å². The first-order valence-corrected chi connectivity index (χ1v) is 6.69. The van der Waals surface area contributed by atoms with Gasteiger partial charge in [0.15, 0.2) is 0 Å². The number of aromatic nitrogens is 3. The van der Waals surface area contributed by atoms with Crippen molar-refractivity contribution >= 4 is 11.6 Å². The number of nitro benzene ring substituents is 1. The van der Waals surface area contributed by atoms with Gasteiger partial charge in [0.05, 0.1) is 4.92 Å². The number of hydrogen-bond acceptors (Lipinski definition) is 6. The number of amides is 1. The van der Waals surface area contributed by atoms with E-state index >= 15 is 0 Å². The fraction of sp³-hybridized carbons (Fsp3) is 0.308. The maximum atomic E-state index is 12.0. The van der Waals surface area contributed by atoms with E-state index in [4.69, 9.17) is 0 Å². The number of nitro groups is 1. The Kier molecular flexibility index (Phi) is 5.15. The Morgan fingerprint density at radius 1 is 1.41 bits per heavy atom. The normalized spacial score (nSPS) is 10.4. The lowest BCUT2D eigenvalue weighted by Crippen LogP contribution is -2.26. The van der Waals surface area contributed by atoms with Crippen molar-refractivity contribution in [2.45, 2.75) is 6.42 Å². The van der Waals surface area contributed by atoms with E-state index in [1.165, 1.54) is 35.5 Å². The zero-order chi connectivity index (χ0) is 15.9. The summed E-state index contributed by atoms with van der Waals surface area (Å²) < 4.78 is 1.28. The van der Waals surface area contributed by atoms with E-state index in [0.717, 1.165) is 13.0 Å². The zero-order valence-corrected chi connectivity index (χ0v) is 12.0. The Labute approximate surface area is 126 Å². The second-order valence-corrected chi connectivity index (χ2v) is 4.51. The van der Waals surface area contributed by atoms with Gasteiger partial charge >= 0.3 is 0 Å². The van der Waals surface area contributed by atoms with Gasteiger partial charge in [0, 0.05) is 18.2 Å². The van der Waals surface area contributed by atoms with E-state index in [9.17, 15) is 14.9 Å². The Hall–Kier alpha value is -2.81. The molecular weight excluding hydrogens is 288 g/mol. The molecule has 2 aromatic rings. The van der Waals surface area contributed by atoms with Crippen molar-refractivity contribution in [3.8, 4) is 5.69 Å². The quantitative estimate of drug-likeness (QED) is 0.437. The highest BCUT2D eigenvalue weighted by Crippen LogP contribution is 2.23. The van der Waals surface area contributed by atoms with Gasteiger partial charge in [-0.05, 0) is 32.1 Å². The van der Waals surface area contributed by atoms with E-state index in [1.54, 1.807) is 0 Å². The van der Waals surface area contributed by atoms with Gasteiger partial charge in [-0.2, -0.15) is 5.10 Å². The number of carbonyl (C=O) groups excluding carboxylic acids is 1. The lowest BCUT2D eigenvalue weighted by Gasteiger charge is -2.07. The van der Waals surface area contributed by atoms with E-state index < -0.39 is 4.92 Å². The van der Waals surface area contributed by atoms with Gasteiger partial charge in [-0.25, -0.2) is 9.67 Å². The molecule has 0 saturated carbocycles. The smallest absolute Gasteiger partial charge is 0.295 e. The molecule has 9 nitrogen and oxygen atoms in total. The third-order valence-electron chi connectivity index (χ3n) is 2.99. The summed E-state index contributed by atoms with van der Waals surface area (Å²) in [4.78, 5) is 26.4. The number of carbonyl (C=O) groups is 1. The minimum atomic E-state index is -0.547. The molecule has 0 aliphatic carbocycles. The summed E-state index contributed by atoms with van der Waals surface area (Å²) in [5.41, 5.74) is 0.294. The molecule has 1 amide bonds. The van der Waals surface area contributed by atoms with Crippen LogP contribution in [-0.4, -0.2) is 45.7 Å². The van der Waals surface area contributed by atoms with Crippen LogP contribution >= 0.6 is 0 Å². The molecule has 1 heterocycles. The number of rotatable bonds is 7. The molecule has 0 spiro atoms. The van der Waals surface area contributed by atoms with E-state index in [-0.39, 0.29) is 22.8 Å². The summed E-state index contributed by atoms with van der Waals surface area (Å²) in [5, 5.41) is 20.8. The Balaban J connectivity index is 2.19. The maximum Gasteiger partial charge on any atom is 0.295 e. The summed E-state index contributed by atoms with van der Waals surface area (Å²) in [7, 11) is 1.83. The molecule has 0 saturated heterocycles. The van der Waals surface area contributed by atoms with E-state index in [0.29, 0.717) is 6.54 Å². The van der Waals surface area contributed by atoms with Crippen LogP contribution < -0.4 is 10.6 Å². The van der Waals surface area contributed by atoms with Gasteiger partial charge in [-0.3, -0.25) is 14.9 Å².